The number of hydrogen-bond acceptors (Lipinski definition) is 4. The van der Waals surface area contributed by atoms with Crippen molar-refractivity contribution in [3.8, 4) is 0 Å². The highest BCUT2D eigenvalue weighted by Crippen LogP contribution is 2.30. The third kappa shape index (κ3) is 5.84. The predicted molar refractivity (Wildman–Crippen MR) is 85.7 cm³/mol. The Bertz CT molecular complexity index is 427. The summed E-state index contributed by atoms with van der Waals surface area (Å²) >= 11 is 0. The van der Waals surface area contributed by atoms with Crippen LogP contribution < -0.4 is 5.32 Å². The second kappa shape index (κ2) is 8.89. The molecule has 2 N–H and O–H groups in total. The Morgan fingerprint density at radius 1 is 1.22 bits per heavy atom. The van der Waals surface area contributed by atoms with Gasteiger partial charge in [-0.25, -0.2) is 0 Å². The van der Waals surface area contributed by atoms with E-state index in [1.165, 1.54) is 0 Å². The van der Waals surface area contributed by atoms with Crippen LogP contribution in [-0.2, 0) is 19.1 Å². The maximum absolute atomic E-state index is 12.1. The van der Waals surface area contributed by atoms with Crippen molar-refractivity contribution in [3.63, 3.8) is 0 Å². The number of carbonyl (C=O) groups excluding carboxylic acids is 2. The zero-order valence-electron chi connectivity index (χ0n) is 14.4. The monoisotopic (exact) mass is 327 g/mol. The Labute approximate surface area is 138 Å². The molecule has 1 amide bonds. The van der Waals surface area contributed by atoms with E-state index in [2.05, 4.69) is 5.32 Å². The largest absolute Gasteiger partial charge is 0.481 e. The minimum Gasteiger partial charge on any atom is -0.481 e. The van der Waals surface area contributed by atoms with E-state index in [1.807, 2.05) is 6.92 Å². The molecule has 1 unspecified atom stereocenters. The smallest absolute Gasteiger partial charge is 0.316 e. The van der Waals surface area contributed by atoms with Crippen LogP contribution in [0.2, 0.25) is 0 Å². The zero-order chi connectivity index (χ0) is 17.5. The number of nitrogens with one attached hydrogen (secondary N) is 1. The van der Waals surface area contributed by atoms with Crippen LogP contribution in [0.3, 0.4) is 0 Å². The van der Waals surface area contributed by atoms with Gasteiger partial charge in [-0.1, -0.05) is 26.2 Å². The molecule has 0 heterocycles. The molecule has 1 atom stereocenters. The summed E-state index contributed by atoms with van der Waals surface area (Å²) in [5.74, 6) is -2.95. The first-order valence-corrected chi connectivity index (χ1v) is 8.47. The van der Waals surface area contributed by atoms with Crippen LogP contribution in [0.15, 0.2) is 0 Å². The summed E-state index contributed by atoms with van der Waals surface area (Å²) in [7, 11) is 0. The second-order valence-electron chi connectivity index (χ2n) is 6.88. The van der Waals surface area contributed by atoms with Crippen LogP contribution >= 0.6 is 0 Å². The normalized spacial score (nSPS) is 17.3. The highest BCUT2D eigenvalue weighted by Gasteiger charge is 2.35. The first-order valence-electron chi connectivity index (χ1n) is 8.47. The molecule has 0 radical (unpaired) electrons. The van der Waals surface area contributed by atoms with Gasteiger partial charge < -0.3 is 15.2 Å². The van der Waals surface area contributed by atoms with Crippen LogP contribution in [0.4, 0.5) is 0 Å². The maximum atomic E-state index is 12.1. The van der Waals surface area contributed by atoms with Crippen molar-refractivity contribution in [3.05, 3.63) is 0 Å². The zero-order valence-corrected chi connectivity index (χ0v) is 14.4. The Kier molecular flexibility index (Phi) is 7.52. The molecule has 0 aromatic rings. The Balaban J connectivity index is 2.41. The van der Waals surface area contributed by atoms with Crippen molar-refractivity contribution < 1.29 is 24.2 Å². The molecular weight excluding hydrogens is 298 g/mol. The molecule has 1 aliphatic carbocycles. The summed E-state index contributed by atoms with van der Waals surface area (Å²) in [6.45, 7) is 5.71. The number of hydrogen-bond donors (Lipinski definition) is 2. The molecule has 6 nitrogen and oxygen atoms in total. The number of rotatable bonds is 8. The van der Waals surface area contributed by atoms with Crippen molar-refractivity contribution in [1.29, 1.82) is 0 Å². The highest BCUT2D eigenvalue weighted by molar-refractivity contribution is 5.97. The van der Waals surface area contributed by atoms with Gasteiger partial charge in [-0.05, 0) is 39.0 Å². The highest BCUT2D eigenvalue weighted by atomic mass is 16.5. The molecule has 1 saturated carbocycles. The fourth-order valence-corrected chi connectivity index (χ4v) is 2.76. The molecule has 0 bridgehead atoms. The van der Waals surface area contributed by atoms with Crippen molar-refractivity contribution in [2.45, 2.75) is 59.3 Å². The van der Waals surface area contributed by atoms with Gasteiger partial charge in [0.2, 0.25) is 5.91 Å². The van der Waals surface area contributed by atoms with E-state index in [0.717, 1.165) is 32.1 Å². The Hall–Kier alpha value is -1.59. The van der Waals surface area contributed by atoms with Crippen molar-refractivity contribution in [2.75, 3.05) is 13.2 Å². The molecule has 1 fully saturated rings. The van der Waals surface area contributed by atoms with Crippen LogP contribution in [0.1, 0.15) is 59.3 Å². The summed E-state index contributed by atoms with van der Waals surface area (Å²) in [6.07, 6.45) is 5.29. The van der Waals surface area contributed by atoms with E-state index in [1.54, 1.807) is 13.8 Å². The third-order valence-electron chi connectivity index (χ3n) is 4.74. The number of amides is 1. The van der Waals surface area contributed by atoms with Crippen LogP contribution in [0.5, 0.6) is 0 Å². The number of esters is 1. The van der Waals surface area contributed by atoms with E-state index in [4.69, 9.17) is 4.74 Å². The summed E-state index contributed by atoms with van der Waals surface area (Å²) in [6, 6.07) is 0. The topological polar surface area (TPSA) is 92.7 Å². The molecule has 0 saturated heterocycles. The molecule has 0 aliphatic heterocycles. The van der Waals surface area contributed by atoms with Crippen LogP contribution in [0.25, 0.3) is 0 Å². The van der Waals surface area contributed by atoms with Crippen LogP contribution in [0, 0.1) is 17.3 Å². The molecule has 0 spiro atoms. The number of carbonyl (C=O) groups is 3. The fourth-order valence-electron chi connectivity index (χ4n) is 2.76. The van der Waals surface area contributed by atoms with E-state index >= 15 is 0 Å². The first-order chi connectivity index (χ1) is 10.8. The molecule has 23 heavy (non-hydrogen) atoms. The van der Waals surface area contributed by atoms with Gasteiger partial charge in [0.15, 0.2) is 0 Å². The molecule has 0 aromatic heterocycles. The first kappa shape index (κ1) is 19.5. The van der Waals surface area contributed by atoms with Gasteiger partial charge in [-0.15, -0.1) is 0 Å². The summed E-state index contributed by atoms with van der Waals surface area (Å²) in [4.78, 5) is 35.4. The fraction of sp³-hybridized carbons (Fsp3) is 0.824. The number of carboxylic acids is 1. The number of ether oxygens (including phenoxy) is 1. The van der Waals surface area contributed by atoms with Crippen LogP contribution in [-0.4, -0.2) is 36.1 Å². The van der Waals surface area contributed by atoms with Gasteiger partial charge in [0.05, 0.1) is 12.0 Å². The van der Waals surface area contributed by atoms with E-state index in [0.29, 0.717) is 6.42 Å². The average molecular weight is 327 g/mol. The second-order valence-corrected chi connectivity index (χ2v) is 6.88. The molecule has 1 rings (SSSR count). The maximum Gasteiger partial charge on any atom is 0.316 e. The van der Waals surface area contributed by atoms with Crippen molar-refractivity contribution in [1.82, 2.24) is 5.32 Å². The minimum atomic E-state index is -1.07. The summed E-state index contributed by atoms with van der Waals surface area (Å²) < 4.78 is 5.13. The average Bonchev–Trinajstić information content (AvgIpc) is 2.52. The van der Waals surface area contributed by atoms with Gasteiger partial charge >= 0.3 is 11.9 Å². The summed E-state index contributed by atoms with van der Waals surface area (Å²) in [5.41, 5.74) is -0.546. The third-order valence-corrected chi connectivity index (χ3v) is 4.74. The van der Waals surface area contributed by atoms with Gasteiger partial charge in [0.25, 0.3) is 0 Å². The lowest BCUT2D eigenvalue weighted by atomic mass is 9.79. The van der Waals surface area contributed by atoms with Gasteiger partial charge in [0, 0.05) is 0 Å². The number of carboxylic acid groups (broad SMARTS) is 1. The summed E-state index contributed by atoms with van der Waals surface area (Å²) in [5, 5.41) is 11.9. The predicted octanol–water partition coefficient (Wildman–Crippen LogP) is 2.36. The molecule has 6 heteroatoms. The molecule has 0 aromatic carbocycles. The van der Waals surface area contributed by atoms with Crippen molar-refractivity contribution in [2.24, 2.45) is 17.3 Å². The SMILES string of the molecule is CCC(C)(C)C(=O)OCCNC(=O)C(C(=O)O)C1CCCCC1. The quantitative estimate of drug-likeness (QED) is 0.405. The Morgan fingerprint density at radius 2 is 1.83 bits per heavy atom. The lowest BCUT2D eigenvalue weighted by molar-refractivity contribution is -0.155. The lowest BCUT2D eigenvalue weighted by Crippen LogP contribution is -2.42. The lowest BCUT2D eigenvalue weighted by Gasteiger charge is -2.26. The molecular formula is C17H29NO5. The van der Waals surface area contributed by atoms with Gasteiger partial charge in [0.1, 0.15) is 12.5 Å². The molecule has 1 aliphatic rings. The van der Waals surface area contributed by atoms with E-state index in [9.17, 15) is 19.5 Å². The molecule has 132 valence electrons. The van der Waals surface area contributed by atoms with E-state index < -0.39 is 23.2 Å². The number of aliphatic carboxylic acids is 1. The van der Waals surface area contributed by atoms with Gasteiger partial charge in [-0.3, -0.25) is 14.4 Å². The van der Waals surface area contributed by atoms with E-state index in [-0.39, 0.29) is 25.0 Å². The van der Waals surface area contributed by atoms with Crippen molar-refractivity contribution >= 4 is 17.8 Å². The minimum absolute atomic E-state index is 0.0605. The standard InChI is InChI=1S/C17H29NO5/c1-4-17(2,3)16(22)23-11-10-18-14(19)13(15(20)21)12-8-6-5-7-9-12/h12-13H,4-11H2,1-3H3,(H,18,19)(H,20,21). The Morgan fingerprint density at radius 3 is 2.35 bits per heavy atom. The van der Waals surface area contributed by atoms with Gasteiger partial charge in [-0.2, -0.15) is 0 Å².